The first kappa shape index (κ1) is 18.3. The predicted molar refractivity (Wildman–Crippen MR) is 92.4 cm³/mol. The van der Waals surface area contributed by atoms with Crippen molar-refractivity contribution in [1.82, 2.24) is 5.32 Å². The van der Waals surface area contributed by atoms with Crippen LogP contribution in [0.15, 0.2) is 16.6 Å². The van der Waals surface area contributed by atoms with Crippen molar-refractivity contribution in [3.05, 3.63) is 22.2 Å². The molecule has 0 aromatic heterocycles. The molecular weight excluding hydrogens is 330 g/mol. The van der Waals surface area contributed by atoms with Gasteiger partial charge < -0.3 is 14.8 Å². The van der Waals surface area contributed by atoms with Gasteiger partial charge in [0.25, 0.3) is 0 Å². The zero-order valence-electron chi connectivity index (χ0n) is 13.8. The Bertz CT molecular complexity index is 437. The molecule has 0 heterocycles. The lowest BCUT2D eigenvalue weighted by molar-refractivity contribution is 0.322. The summed E-state index contributed by atoms with van der Waals surface area (Å²) in [5.41, 5.74) is 1.19. The van der Waals surface area contributed by atoms with Crippen molar-refractivity contribution in [3.8, 4) is 11.5 Å². The summed E-state index contributed by atoms with van der Waals surface area (Å²) >= 11 is 3.60. The molecule has 0 saturated carbocycles. The van der Waals surface area contributed by atoms with Gasteiger partial charge in [0.15, 0.2) is 0 Å². The van der Waals surface area contributed by atoms with Crippen LogP contribution in [0.25, 0.3) is 0 Å². The molecule has 0 spiro atoms. The molecule has 2 atom stereocenters. The highest BCUT2D eigenvalue weighted by Gasteiger charge is 2.25. The van der Waals surface area contributed by atoms with Crippen LogP contribution in [-0.4, -0.2) is 21.3 Å². The largest absolute Gasteiger partial charge is 0.495 e. The molecule has 0 aliphatic rings. The van der Waals surface area contributed by atoms with E-state index in [0.29, 0.717) is 12.0 Å². The van der Waals surface area contributed by atoms with Crippen molar-refractivity contribution in [2.75, 3.05) is 21.3 Å². The summed E-state index contributed by atoms with van der Waals surface area (Å²) in [6, 6.07) is 4.40. The maximum atomic E-state index is 5.63. The molecule has 2 unspecified atom stereocenters. The normalized spacial score (nSPS) is 13.8. The number of halogens is 1. The van der Waals surface area contributed by atoms with Crippen LogP contribution >= 0.6 is 15.9 Å². The minimum absolute atomic E-state index is 0.290. The van der Waals surface area contributed by atoms with Crippen LogP contribution < -0.4 is 14.8 Å². The van der Waals surface area contributed by atoms with E-state index in [9.17, 15) is 0 Å². The van der Waals surface area contributed by atoms with Crippen LogP contribution in [0, 0.1) is 5.92 Å². The first-order chi connectivity index (χ1) is 10.1. The molecule has 1 rings (SSSR count). The number of benzene rings is 1. The van der Waals surface area contributed by atoms with E-state index in [4.69, 9.17) is 9.47 Å². The molecule has 0 saturated heterocycles. The molecule has 3 nitrogen and oxygen atoms in total. The second-order valence-electron chi connectivity index (χ2n) is 5.28. The third kappa shape index (κ3) is 4.36. The Morgan fingerprint density at radius 3 is 2.38 bits per heavy atom. The highest BCUT2D eigenvalue weighted by atomic mass is 79.9. The monoisotopic (exact) mass is 357 g/mol. The molecule has 1 aromatic rings. The van der Waals surface area contributed by atoms with Gasteiger partial charge in [-0.2, -0.15) is 0 Å². The molecule has 0 aliphatic carbocycles. The topological polar surface area (TPSA) is 30.5 Å². The molecule has 1 N–H and O–H groups in total. The summed E-state index contributed by atoms with van der Waals surface area (Å²) in [6.07, 6.45) is 4.87. The maximum Gasteiger partial charge on any atom is 0.141 e. The van der Waals surface area contributed by atoms with Gasteiger partial charge in [0.2, 0.25) is 0 Å². The molecule has 4 heteroatoms. The third-order valence-electron chi connectivity index (χ3n) is 4.09. The average molecular weight is 358 g/mol. The lowest BCUT2D eigenvalue weighted by Gasteiger charge is -2.28. The second kappa shape index (κ2) is 9.31. The van der Waals surface area contributed by atoms with Crippen molar-refractivity contribution < 1.29 is 9.47 Å². The van der Waals surface area contributed by atoms with Crippen LogP contribution in [0.5, 0.6) is 11.5 Å². The summed E-state index contributed by atoms with van der Waals surface area (Å²) in [7, 11) is 5.41. The van der Waals surface area contributed by atoms with Gasteiger partial charge in [-0.25, -0.2) is 0 Å². The van der Waals surface area contributed by atoms with Crippen molar-refractivity contribution in [2.24, 2.45) is 5.92 Å². The van der Waals surface area contributed by atoms with Crippen molar-refractivity contribution in [3.63, 3.8) is 0 Å². The predicted octanol–water partition coefficient (Wildman–Crippen LogP) is 4.94. The standard InChI is InChI=1S/C17H28BrNO2/c1-6-8-9-12(7-2)16(19-3)13-10-11-14(20-4)15(18)17(13)21-5/h10-12,16,19H,6-9H2,1-5H3. The smallest absolute Gasteiger partial charge is 0.141 e. The van der Waals surface area contributed by atoms with Crippen LogP contribution in [0.3, 0.4) is 0 Å². The molecule has 0 bridgehead atoms. The molecule has 1 aromatic carbocycles. The summed E-state index contributed by atoms with van der Waals surface area (Å²) in [6.45, 7) is 4.50. The van der Waals surface area contributed by atoms with Gasteiger partial charge in [-0.05, 0) is 47.4 Å². The van der Waals surface area contributed by atoms with Gasteiger partial charge >= 0.3 is 0 Å². The van der Waals surface area contributed by atoms with Crippen LogP contribution in [-0.2, 0) is 0 Å². The number of hydrogen-bond donors (Lipinski definition) is 1. The zero-order valence-corrected chi connectivity index (χ0v) is 15.4. The summed E-state index contributed by atoms with van der Waals surface area (Å²) in [4.78, 5) is 0. The lowest BCUT2D eigenvalue weighted by Crippen LogP contribution is -2.25. The number of rotatable bonds is 9. The Balaban J connectivity index is 3.17. The van der Waals surface area contributed by atoms with E-state index in [0.717, 1.165) is 22.4 Å². The van der Waals surface area contributed by atoms with E-state index in [2.05, 4.69) is 41.2 Å². The fourth-order valence-corrected chi connectivity index (χ4v) is 3.57. The summed E-state index contributed by atoms with van der Waals surface area (Å²) in [5.74, 6) is 2.26. The van der Waals surface area contributed by atoms with Crippen molar-refractivity contribution in [2.45, 2.75) is 45.6 Å². The number of hydrogen-bond acceptors (Lipinski definition) is 3. The maximum absolute atomic E-state index is 5.63. The zero-order chi connectivity index (χ0) is 15.8. The number of ether oxygens (including phenoxy) is 2. The molecule has 0 aliphatic heterocycles. The highest BCUT2D eigenvalue weighted by molar-refractivity contribution is 9.10. The third-order valence-corrected chi connectivity index (χ3v) is 4.84. The lowest BCUT2D eigenvalue weighted by atomic mass is 9.86. The number of unbranched alkanes of at least 4 members (excludes halogenated alkanes) is 1. The Morgan fingerprint density at radius 1 is 1.19 bits per heavy atom. The second-order valence-corrected chi connectivity index (χ2v) is 6.07. The summed E-state index contributed by atoms with van der Waals surface area (Å²) < 4.78 is 11.9. The number of methoxy groups -OCH3 is 2. The SMILES string of the molecule is CCCCC(CC)C(NC)c1ccc(OC)c(Br)c1OC. The van der Waals surface area contributed by atoms with Crippen molar-refractivity contribution >= 4 is 15.9 Å². The van der Waals surface area contributed by atoms with Crippen LogP contribution in [0.1, 0.15) is 51.1 Å². The van der Waals surface area contributed by atoms with E-state index < -0.39 is 0 Å². The Hall–Kier alpha value is -0.740. The van der Waals surface area contributed by atoms with Gasteiger partial charge in [0.1, 0.15) is 16.0 Å². The fraction of sp³-hybridized carbons (Fsp3) is 0.647. The minimum atomic E-state index is 0.290. The van der Waals surface area contributed by atoms with E-state index in [-0.39, 0.29) is 0 Å². The molecule has 120 valence electrons. The van der Waals surface area contributed by atoms with E-state index in [1.165, 1.54) is 24.8 Å². The van der Waals surface area contributed by atoms with E-state index in [1.807, 2.05) is 13.1 Å². The van der Waals surface area contributed by atoms with Crippen molar-refractivity contribution in [1.29, 1.82) is 0 Å². The number of nitrogens with one attached hydrogen (secondary N) is 1. The van der Waals surface area contributed by atoms with Gasteiger partial charge in [-0.15, -0.1) is 0 Å². The van der Waals surface area contributed by atoms with Gasteiger partial charge in [0.05, 0.1) is 14.2 Å². The van der Waals surface area contributed by atoms with Crippen LogP contribution in [0.4, 0.5) is 0 Å². The Labute approximate surface area is 137 Å². The first-order valence-corrected chi connectivity index (χ1v) is 8.51. The van der Waals surface area contributed by atoms with Gasteiger partial charge in [-0.3, -0.25) is 0 Å². The van der Waals surface area contributed by atoms with E-state index >= 15 is 0 Å². The molecule has 0 radical (unpaired) electrons. The van der Waals surface area contributed by atoms with Gasteiger partial charge in [0, 0.05) is 11.6 Å². The quantitative estimate of drug-likeness (QED) is 0.678. The Morgan fingerprint density at radius 2 is 1.90 bits per heavy atom. The van der Waals surface area contributed by atoms with E-state index in [1.54, 1.807) is 14.2 Å². The fourth-order valence-electron chi connectivity index (χ4n) is 2.88. The Kier molecular flexibility index (Phi) is 8.12. The summed E-state index contributed by atoms with van der Waals surface area (Å²) in [5, 5.41) is 3.48. The highest BCUT2D eigenvalue weighted by Crippen LogP contribution is 2.42. The average Bonchev–Trinajstić information content (AvgIpc) is 2.51. The molecule has 0 fully saturated rings. The van der Waals surface area contributed by atoms with Gasteiger partial charge in [-0.1, -0.05) is 33.1 Å². The molecule has 0 amide bonds. The first-order valence-electron chi connectivity index (χ1n) is 7.72. The minimum Gasteiger partial charge on any atom is -0.495 e. The molecular formula is C17H28BrNO2. The molecule has 21 heavy (non-hydrogen) atoms. The van der Waals surface area contributed by atoms with Crippen LogP contribution in [0.2, 0.25) is 0 Å².